The van der Waals surface area contributed by atoms with Crippen LogP contribution in [-0.2, 0) is 0 Å². The van der Waals surface area contributed by atoms with Crippen LogP contribution in [-0.4, -0.2) is 25.8 Å². The lowest BCUT2D eigenvalue weighted by Gasteiger charge is -2.14. The molecule has 2 heterocycles. The molecular formula is C15H16N6O. The minimum absolute atomic E-state index is 0.190. The smallest absolute Gasteiger partial charge is 0.324 e. The number of benzene rings is 1. The maximum atomic E-state index is 11.8. The predicted octanol–water partition coefficient (Wildman–Crippen LogP) is 2.86. The number of nitrogens with zero attached hydrogens (tertiary/aromatic N) is 3. The maximum absolute atomic E-state index is 11.8. The maximum Gasteiger partial charge on any atom is 0.324 e. The highest BCUT2D eigenvalue weighted by atomic mass is 16.2. The Morgan fingerprint density at radius 2 is 2.00 bits per heavy atom. The number of carbonyl (C=O) groups excluding carboxylic acids is 1. The fourth-order valence-electron chi connectivity index (χ4n) is 2.13. The predicted molar refractivity (Wildman–Crippen MR) is 83.7 cm³/mol. The molecule has 3 aromatic rings. The first-order valence-electron chi connectivity index (χ1n) is 6.87. The molecule has 2 amide bonds. The molecule has 1 aromatic carbocycles. The molecule has 22 heavy (non-hydrogen) atoms. The number of urea groups is 1. The molecule has 0 bridgehead atoms. The summed E-state index contributed by atoms with van der Waals surface area (Å²) in [6.45, 7) is 2.09. The number of aromatic nitrogens is 4. The van der Waals surface area contributed by atoms with Gasteiger partial charge in [-0.05, 0) is 24.6 Å². The van der Waals surface area contributed by atoms with E-state index in [4.69, 9.17) is 0 Å². The quantitative estimate of drug-likeness (QED) is 0.691. The fraction of sp³-hybridized carbons (Fsp3) is 0.133. The van der Waals surface area contributed by atoms with E-state index < -0.39 is 0 Å². The molecule has 1 atom stereocenters. The zero-order chi connectivity index (χ0) is 15.4. The van der Waals surface area contributed by atoms with Crippen LogP contribution in [0.5, 0.6) is 0 Å². The summed E-state index contributed by atoms with van der Waals surface area (Å²) >= 11 is 0. The first-order chi connectivity index (χ1) is 10.7. The summed E-state index contributed by atoms with van der Waals surface area (Å²) in [6, 6.07) is 9.25. The molecule has 0 saturated heterocycles. The Labute approximate surface area is 127 Å². The Kier molecular flexibility index (Phi) is 3.86. The van der Waals surface area contributed by atoms with E-state index in [0.29, 0.717) is 5.82 Å². The van der Waals surface area contributed by atoms with Gasteiger partial charge in [-0.2, -0.15) is 5.10 Å². The normalized spacial score (nSPS) is 11.9. The van der Waals surface area contributed by atoms with Crippen LogP contribution in [0.25, 0.3) is 0 Å². The number of hydrogen-bond acceptors (Lipinski definition) is 3. The second kappa shape index (κ2) is 6.13. The third-order valence-electron chi connectivity index (χ3n) is 3.37. The molecule has 0 radical (unpaired) electrons. The molecule has 7 nitrogen and oxygen atoms in total. The minimum Gasteiger partial charge on any atom is -0.330 e. The van der Waals surface area contributed by atoms with Gasteiger partial charge in [0.15, 0.2) is 0 Å². The van der Waals surface area contributed by atoms with E-state index in [9.17, 15) is 4.79 Å². The van der Waals surface area contributed by atoms with Gasteiger partial charge < -0.3 is 9.88 Å². The van der Waals surface area contributed by atoms with Crippen molar-refractivity contribution < 1.29 is 4.79 Å². The van der Waals surface area contributed by atoms with E-state index in [1.165, 1.54) is 0 Å². The van der Waals surface area contributed by atoms with Crippen LogP contribution in [0.1, 0.15) is 18.5 Å². The van der Waals surface area contributed by atoms with Crippen LogP contribution in [0.4, 0.5) is 16.3 Å². The molecular weight excluding hydrogens is 280 g/mol. The summed E-state index contributed by atoms with van der Waals surface area (Å²) < 4.78 is 2.02. The van der Waals surface area contributed by atoms with E-state index in [-0.39, 0.29) is 12.1 Å². The molecule has 1 unspecified atom stereocenters. The standard InChI is InChI=1S/C15H16N6O/c1-11(21-9-8-16-10-21)12-2-4-13(5-3-12)18-15(22)19-14-6-7-17-20-14/h2-11H,1H3,(H3,17,18,19,20,22). The average molecular weight is 296 g/mol. The van der Waals surface area contributed by atoms with Crippen molar-refractivity contribution in [1.82, 2.24) is 19.7 Å². The number of imidazole rings is 1. The van der Waals surface area contributed by atoms with E-state index in [2.05, 4.69) is 32.7 Å². The van der Waals surface area contributed by atoms with Crippen LogP contribution in [0.15, 0.2) is 55.2 Å². The van der Waals surface area contributed by atoms with Crippen LogP contribution in [0.3, 0.4) is 0 Å². The molecule has 2 aromatic heterocycles. The number of aromatic amines is 1. The van der Waals surface area contributed by atoms with Crippen molar-refractivity contribution in [3.63, 3.8) is 0 Å². The van der Waals surface area contributed by atoms with Crippen molar-refractivity contribution >= 4 is 17.5 Å². The van der Waals surface area contributed by atoms with Gasteiger partial charge >= 0.3 is 6.03 Å². The summed E-state index contributed by atoms with van der Waals surface area (Å²) in [5.74, 6) is 0.544. The summed E-state index contributed by atoms with van der Waals surface area (Å²) in [5.41, 5.74) is 1.86. The Morgan fingerprint density at radius 1 is 1.18 bits per heavy atom. The van der Waals surface area contributed by atoms with Crippen LogP contribution < -0.4 is 10.6 Å². The SMILES string of the molecule is CC(c1ccc(NC(=O)Nc2ccn[nH]2)cc1)n1ccnc1. The second-order valence-electron chi connectivity index (χ2n) is 4.86. The zero-order valence-electron chi connectivity index (χ0n) is 12.0. The Hall–Kier alpha value is -3.09. The first-order valence-corrected chi connectivity index (χ1v) is 6.87. The molecule has 3 N–H and O–H groups in total. The molecule has 0 fully saturated rings. The van der Waals surface area contributed by atoms with Crippen LogP contribution in [0, 0.1) is 0 Å². The van der Waals surface area contributed by atoms with Crippen molar-refractivity contribution in [2.45, 2.75) is 13.0 Å². The summed E-state index contributed by atoms with van der Waals surface area (Å²) in [7, 11) is 0. The molecule has 112 valence electrons. The van der Waals surface area contributed by atoms with Gasteiger partial charge in [0.2, 0.25) is 0 Å². The third kappa shape index (κ3) is 3.14. The van der Waals surface area contributed by atoms with Gasteiger partial charge in [0.05, 0.1) is 18.6 Å². The molecule has 0 aliphatic rings. The topological polar surface area (TPSA) is 87.6 Å². The number of hydrogen-bond donors (Lipinski definition) is 3. The van der Waals surface area contributed by atoms with Crippen molar-refractivity contribution in [2.24, 2.45) is 0 Å². The Bertz CT molecular complexity index is 718. The number of carbonyl (C=O) groups is 1. The first kappa shape index (κ1) is 13.9. The number of nitrogens with one attached hydrogen (secondary N) is 3. The van der Waals surface area contributed by atoms with Crippen molar-refractivity contribution in [3.8, 4) is 0 Å². The average Bonchev–Trinajstić information content (AvgIpc) is 3.20. The molecule has 3 rings (SSSR count). The van der Waals surface area contributed by atoms with Crippen LogP contribution in [0.2, 0.25) is 0 Å². The molecule has 0 aliphatic heterocycles. The summed E-state index contributed by atoms with van der Waals surface area (Å²) in [6.07, 6.45) is 7.04. The number of anilines is 2. The van der Waals surface area contributed by atoms with E-state index in [1.54, 1.807) is 24.8 Å². The largest absolute Gasteiger partial charge is 0.330 e. The van der Waals surface area contributed by atoms with Gasteiger partial charge in [0.1, 0.15) is 5.82 Å². The van der Waals surface area contributed by atoms with Gasteiger partial charge in [0, 0.05) is 24.1 Å². The van der Waals surface area contributed by atoms with Gasteiger partial charge in [-0.3, -0.25) is 10.4 Å². The van der Waals surface area contributed by atoms with E-state index >= 15 is 0 Å². The highest BCUT2D eigenvalue weighted by Gasteiger charge is 2.08. The highest BCUT2D eigenvalue weighted by molar-refractivity contribution is 5.99. The molecule has 0 saturated carbocycles. The van der Waals surface area contributed by atoms with E-state index in [0.717, 1.165) is 11.3 Å². The van der Waals surface area contributed by atoms with Gasteiger partial charge in [0.25, 0.3) is 0 Å². The Balaban J connectivity index is 1.63. The van der Waals surface area contributed by atoms with Crippen molar-refractivity contribution in [2.75, 3.05) is 10.6 Å². The molecule has 7 heteroatoms. The fourth-order valence-corrected chi connectivity index (χ4v) is 2.13. The summed E-state index contributed by atoms with van der Waals surface area (Å²) in [5, 5.41) is 11.8. The van der Waals surface area contributed by atoms with E-state index in [1.807, 2.05) is 35.0 Å². The monoisotopic (exact) mass is 296 g/mol. The lowest BCUT2D eigenvalue weighted by atomic mass is 10.1. The van der Waals surface area contributed by atoms with Crippen molar-refractivity contribution in [3.05, 3.63) is 60.8 Å². The lowest BCUT2D eigenvalue weighted by Crippen LogP contribution is -2.19. The minimum atomic E-state index is -0.320. The van der Waals surface area contributed by atoms with Gasteiger partial charge in [-0.25, -0.2) is 9.78 Å². The number of rotatable bonds is 4. The molecule has 0 aliphatic carbocycles. The third-order valence-corrected chi connectivity index (χ3v) is 3.37. The number of H-pyrrole nitrogens is 1. The second-order valence-corrected chi connectivity index (χ2v) is 4.86. The summed E-state index contributed by atoms with van der Waals surface area (Å²) in [4.78, 5) is 15.9. The highest BCUT2D eigenvalue weighted by Crippen LogP contribution is 2.19. The van der Waals surface area contributed by atoms with Crippen LogP contribution >= 0.6 is 0 Å². The van der Waals surface area contributed by atoms with Gasteiger partial charge in [-0.1, -0.05) is 12.1 Å². The zero-order valence-corrected chi connectivity index (χ0v) is 12.0. The van der Waals surface area contributed by atoms with Gasteiger partial charge in [-0.15, -0.1) is 0 Å². The lowest BCUT2D eigenvalue weighted by molar-refractivity contribution is 0.262. The molecule has 0 spiro atoms. The van der Waals surface area contributed by atoms with Crippen molar-refractivity contribution in [1.29, 1.82) is 0 Å². The number of amides is 2. The Morgan fingerprint density at radius 3 is 2.64 bits per heavy atom.